The zero-order chi connectivity index (χ0) is 14.9. The van der Waals surface area contributed by atoms with Gasteiger partial charge in [-0.1, -0.05) is 19.9 Å². The fourth-order valence-corrected chi connectivity index (χ4v) is 2.97. The molecule has 0 spiro atoms. The maximum absolute atomic E-state index is 5.80. The van der Waals surface area contributed by atoms with E-state index < -0.39 is 0 Å². The maximum atomic E-state index is 5.80. The minimum atomic E-state index is 0.300. The second-order valence-electron chi connectivity index (χ2n) is 6.05. The largest absolute Gasteiger partial charge is 0.329 e. The van der Waals surface area contributed by atoms with Crippen LogP contribution in [0.5, 0.6) is 0 Å². The summed E-state index contributed by atoms with van der Waals surface area (Å²) in [7, 11) is 4.23. The monoisotopic (exact) mass is 274 g/mol. The van der Waals surface area contributed by atoms with Crippen molar-refractivity contribution in [1.29, 1.82) is 0 Å². The number of imidazole rings is 1. The first-order valence-corrected chi connectivity index (χ1v) is 7.29. The molecule has 0 bridgehead atoms. The summed E-state index contributed by atoms with van der Waals surface area (Å²) < 4.78 is 2.28. The van der Waals surface area contributed by atoms with E-state index in [2.05, 4.69) is 62.5 Å². The number of fused-ring (bicyclic) bond motifs is 1. The van der Waals surface area contributed by atoms with Crippen LogP contribution in [0.25, 0.3) is 11.0 Å². The predicted molar refractivity (Wildman–Crippen MR) is 84.8 cm³/mol. The third-order valence-corrected chi connectivity index (χ3v) is 3.74. The Morgan fingerprint density at radius 3 is 2.55 bits per heavy atom. The van der Waals surface area contributed by atoms with Crippen LogP contribution in [0.3, 0.4) is 0 Å². The topological polar surface area (TPSA) is 47.1 Å². The van der Waals surface area contributed by atoms with Crippen molar-refractivity contribution in [1.82, 2.24) is 14.5 Å². The molecule has 1 aromatic heterocycles. The lowest BCUT2D eigenvalue weighted by Gasteiger charge is -2.28. The highest BCUT2D eigenvalue weighted by atomic mass is 15.2. The number of hydrogen-bond acceptors (Lipinski definition) is 3. The maximum Gasteiger partial charge on any atom is 0.127 e. The molecule has 0 saturated heterocycles. The number of rotatable bonds is 5. The Hall–Kier alpha value is -1.39. The van der Waals surface area contributed by atoms with E-state index in [-0.39, 0.29) is 0 Å². The van der Waals surface area contributed by atoms with Gasteiger partial charge in [0.25, 0.3) is 0 Å². The molecule has 1 unspecified atom stereocenters. The second kappa shape index (κ2) is 5.94. The van der Waals surface area contributed by atoms with Gasteiger partial charge in [0.15, 0.2) is 0 Å². The van der Waals surface area contributed by atoms with Gasteiger partial charge in [-0.25, -0.2) is 4.98 Å². The number of benzene rings is 1. The lowest BCUT2D eigenvalue weighted by atomic mass is 10.0. The van der Waals surface area contributed by atoms with Crippen LogP contribution in [0.2, 0.25) is 0 Å². The van der Waals surface area contributed by atoms with Gasteiger partial charge in [0, 0.05) is 13.1 Å². The Kier molecular flexibility index (Phi) is 4.45. The minimum absolute atomic E-state index is 0.300. The van der Waals surface area contributed by atoms with Crippen molar-refractivity contribution in [2.24, 2.45) is 11.7 Å². The van der Waals surface area contributed by atoms with Gasteiger partial charge in [0.05, 0.1) is 17.1 Å². The van der Waals surface area contributed by atoms with E-state index >= 15 is 0 Å². The van der Waals surface area contributed by atoms with E-state index in [4.69, 9.17) is 10.7 Å². The summed E-state index contributed by atoms with van der Waals surface area (Å²) in [5.74, 6) is 1.62. The van der Waals surface area contributed by atoms with Gasteiger partial charge in [-0.05, 0) is 44.6 Å². The van der Waals surface area contributed by atoms with Gasteiger partial charge in [0.2, 0.25) is 0 Å². The fourth-order valence-electron chi connectivity index (χ4n) is 2.97. The van der Waals surface area contributed by atoms with Crippen molar-refractivity contribution in [3.8, 4) is 0 Å². The van der Waals surface area contributed by atoms with Crippen molar-refractivity contribution in [3.63, 3.8) is 0 Å². The van der Waals surface area contributed by atoms with Gasteiger partial charge in [-0.2, -0.15) is 0 Å². The molecule has 0 fully saturated rings. The van der Waals surface area contributed by atoms with E-state index in [0.29, 0.717) is 18.5 Å². The van der Waals surface area contributed by atoms with Gasteiger partial charge < -0.3 is 10.3 Å². The summed E-state index contributed by atoms with van der Waals surface area (Å²) in [6.07, 6.45) is 0. The van der Waals surface area contributed by atoms with Crippen LogP contribution in [0.1, 0.15) is 31.3 Å². The summed E-state index contributed by atoms with van der Waals surface area (Å²) in [6, 6.07) is 6.75. The average Bonchev–Trinajstić information content (AvgIpc) is 2.67. The highest BCUT2D eigenvalue weighted by Gasteiger charge is 2.24. The molecule has 1 heterocycles. The van der Waals surface area contributed by atoms with Crippen molar-refractivity contribution in [2.75, 3.05) is 20.6 Å². The number of nitrogens with two attached hydrogens (primary N) is 1. The predicted octanol–water partition coefficient (Wildman–Crippen LogP) is 2.56. The van der Waals surface area contributed by atoms with E-state index in [1.54, 1.807) is 0 Å². The van der Waals surface area contributed by atoms with Crippen molar-refractivity contribution in [2.45, 2.75) is 33.4 Å². The molecule has 1 atom stereocenters. The molecule has 1 aromatic carbocycles. The first-order chi connectivity index (χ1) is 9.45. The third kappa shape index (κ3) is 2.72. The standard InChI is InChI=1S/C16H26N4/c1-11(2)15(19(4)5)16-18-13-10-12(3)6-7-14(13)20(16)9-8-17/h6-7,10-11,15H,8-9,17H2,1-5H3. The molecule has 4 heteroatoms. The van der Waals surface area contributed by atoms with Gasteiger partial charge in [-0.15, -0.1) is 0 Å². The molecule has 2 rings (SSSR count). The molecule has 4 nitrogen and oxygen atoms in total. The highest BCUT2D eigenvalue weighted by Crippen LogP contribution is 2.29. The van der Waals surface area contributed by atoms with Gasteiger partial charge in [-0.3, -0.25) is 4.90 Å². The smallest absolute Gasteiger partial charge is 0.127 e. The molecule has 0 aliphatic carbocycles. The molecule has 0 radical (unpaired) electrons. The lowest BCUT2D eigenvalue weighted by Crippen LogP contribution is -2.28. The molecule has 20 heavy (non-hydrogen) atoms. The van der Waals surface area contributed by atoms with Crippen LogP contribution in [0.4, 0.5) is 0 Å². The molecular formula is C16H26N4. The summed E-state index contributed by atoms with van der Waals surface area (Å²) in [6.45, 7) is 8.02. The molecule has 0 saturated carbocycles. The van der Waals surface area contributed by atoms with Crippen molar-refractivity contribution in [3.05, 3.63) is 29.6 Å². The van der Waals surface area contributed by atoms with Crippen LogP contribution in [-0.2, 0) is 6.54 Å². The lowest BCUT2D eigenvalue weighted by molar-refractivity contribution is 0.219. The van der Waals surface area contributed by atoms with E-state index in [0.717, 1.165) is 17.9 Å². The zero-order valence-corrected chi connectivity index (χ0v) is 13.2. The summed E-state index contributed by atoms with van der Waals surface area (Å²) in [4.78, 5) is 7.14. The van der Waals surface area contributed by atoms with Gasteiger partial charge >= 0.3 is 0 Å². The summed E-state index contributed by atoms with van der Waals surface area (Å²) in [5, 5.41) is 0. The number of aryl methyl sites for hydroxylation is 1. The Balaban J connectivity index is 2.63. The molecule has 2 N–H and O–H groups in total. The molecule has 0 amide bonds. The minimum Gasteiger partial charge on any atom is -0.329 e. The number of aromatic nitrogens is 2. The van der Waals surface area contributed by atoms with Crippen LogP contribution < -0.4 is 5.73 Å². The molecule has 2 aromatic rings. The molecule has 110 valence electrons. The van der Waals surface area contributed by atoms with Crippen LogP contribution in [0, 0.1) is 12.8 Å². The Morgan fingerprint density at radius 2 is 2.00 bits per heavy atom. The highest BCUT2D eigenvalue weighted by molar-refractivity contribution is 5.77. The summed E-state index contributed by atoms with van der Waals surface area (Å²) in [5.41, 5.74) is 9.30. The first-order valence-electron chi connectivity index (χ1n) is 7.29. The average molecular weight is 274 g/mol. The molecule has 0 aliphatic heterocycles. The summed E-state index contributed by atoms with van der Waals surface area (Å²) >= 11 is 0. The first kappa shape index (κ1) is 15.0. The molecular weight excluding hydrogens is 248 g/mol. The SMILES string of the molecule is Cc1ccc2c(c1)nc(C(C(C)C)N(C)C)n2CCN. The van der Waals surface area contributed by atoms with Crippen LogP contribution in [-0.4, -0.2) is 35.1 Å². The number of nitrogens with zero attached hydrogens (tertiary/aromatic N) is 3. The Labute approximate surface area is 121 Å². The third-order valence-electron chi connectivity index (χ3n) is 3.74. The Morgan fingerprint density at radius 1 is 1.30 bits per heavy atom. The fraction of sp³-hybridized carbons (Fsp3) is 0.562. The zero-order valence-electron chi connectivity index (χ0n) is 13.2. The van der Waals surface area contributed by atoms with Crippen molar-refractivity contribution < 1.29 is 0 Å². The normalized spacial score (nSPS) is 13.6. The van der Waals surface area contributed by atoms with Crippen LogP contribution >= 0.6 is 0 Å². The number of hydrogen-bond donors (Lipinski definition) is 1. The van der Waals surface area contributed by atoms with Gasteiger partial charge in [0.1, 0.15) is 5.82 Å². The van der Waals surface area contributed by atoms with Crippen LogP contribution in [0.15, 0.2) is 18.2 Å². The van der Waals surface area contributed by atoms with E-state index in [9.17, 15) is 0 Å². The molecule has 0 aliphatic rings. The Bertz CT molecular complexity index is 575. The van der Waals surface area contributed by atoms with E-state index in [1.165, 1.54) is 11.1 Å². The second-order valence-corrected chi connectivity index (χ2v) is 6.05. The van der Waals surface area contributed by atoms with Crippen molar-refractivity contribution >= 4 is 11.0 Å². The quantitative estimate of drug-likeness (QED) is 0.911. The van der Waals surface area contributed by atoms with E-state index in [1.807, 2.05) is 0 Å².